The van der Waals surface area contributed by atoms with Crippen molar-refractivity contribution in [2.45, 2.75) is 65.8 Å². The number of hydrogen-bond donors (Lipinski definition) is 0. The van der Waals surface area contributed by atoms with Gasteiger partial charge >= 0.3 is 0 Å². The molecule has 2 heteroatoms. The van der Waals surface area contributed by atoms with Gasteiger partial charge in [0, 0.05) is 17.7 Å². The molecule has 86 valence electrons. The molecule has 0 bridgehead atoms. The van der Waals surface area contributed by atoms with E-state index in [0.29, 0.717) is 12.0 Å². The Morgan fingerprint density at radius 2 is 1.67 bits per heavy atom. The molecule has 0 radical (unpaired) electrons. The van der Waals surface area contributed by atoms with Gasteiger partial charge in [-0.1, -0.05) is 34.6 Å². The van der Waals surface area contributed by atoms with E-state index < -0.39 is 0 Å². The van der Waals surface area contributed by atoms with Gasteiger partial charge in [0.15, 0.2) is 0 Å². The van der Waals surface area contributed by atoms with Crippen LogP contribution in [0.15, 0.2) is 6.20 Å². The summed E-state index contributed by atoms with van der Waals surface area (Å²) in [6, 6.07) is 0.485. The zero-order chi connectivity index (χ0) is 11.8. The van der Waals surface area contributed by atoms with Crippen LogP contribution in [-0.2, 0) is 5.41 Å². The van der Waals surface area contributed by atoms with Crippen molar-refractivity contribution < 1.29 is 0 Å². The van der Waals surface area contributed by atoms with Crippen molar-refractivity contribution in [3.8, 4) is 0 Å². The Bertz CT molecular complexity index is 327. The monoisotopic (exact) mass is 208 g/mol. The molecule has 0 aliphatic heterocycles. The quantitative estimate of drug-likeness (QED) is 0.721. The van der Waals surface area contributed by atoms with Gasteiger partial charge in [0.05, 0.1) is 5.69 Å². The maximum atomic E-state index is 4.77. The first-order valence-electron chi connectivity index (χ1n) is 5.82. The van der Waals surface area contributed by atoms with Gasteiger partial charge in [-0.3, -0.25) is 0 Å². The van der Waals surface area contributed by atoms with Crippen molar-refractivity contribution in [2.75, 3.05) is 0 Å². The fourth-order valence-corrected chi connectivity index (χ4v) is 1.64. The van der Waals surface area contributed by atoms with E-state index in [1.807, 2.05) is 0 Å². The molecule has 1 aromatic rings. The van der Waals surface area contributed by atoms with Crippen molar-refractivity contribution in [3.05, 3.63) is 17.7 Å². The lowest BCUT2D eigenvalue weighted by Crippen LogP contribution is -2.19. The molecule has 0 aromatic carbocycles. The van der Waals surface area contributed by atoms with Crippen LogP contribution in [0.5, 0.6) is 0 Å². The second-order valence-electron chi connectivity index (χ2n) is 5.90. The van der Waals surface area contributed by atoms with E-state index >= 15 is 0 Å². The van der Waals surface area contributed by atoms with Crippen LogP contribution in [0.4, 0.5) is 0 Å². The second-order valence-corrected chi connectivity index (χ2v) is 5.90. The zero-order valence-corrected chi connectivity index (χ0v) is 11.1. The SMILES string of the molecule is CC(C)c1cn(C(C)C)c(C(C)(C)C)n1. The van der Waals surface area contributed by atoms with Gasteiger partial charge in [-0.15, -0.1) is 0 Å². The number of nitrogens with zero attached hydrogens (tertiary/aromatic N) is 2. The van der Waals surface area contributed by atoms with Gasteiger partial charge < -0.3 is 4.57 Å². The number of rotatable bonds is 2. The third-order valence-electron chi connectivity index (χ3n) is 2.57. The molecule has 15 heavy (non-hydrogen) atoms. The van der Waals surface area contributed by atoms with Crippen LogP contribution >= 0.6 is 0 Å². The number of aromatic nitrogens is 2. The highest BCUT2D eigenvalue weighted by Gasteiger charge is 2.23. The Morgan fingerprint density at radius 3 is 1.93 bits per heavy atom. The highest BCUT2D eigenvalue weighted by atomic mass is 15.1. The van der Waals surface area contributed by atoms with Crippen LogP contribution in [0.2, 0.25) is 0 Å². The molecule has 1 rings (SSSR count). The topological polar surface area (TPSA) is 17.8 Å². The first-order valence-corrected chi connectivity index (χ1v) is 5.82. The maximum absolute atomic E-state index is 4.77. The largest absolute Gasteiger partial charge is 0.332 e. The predicted octanol–water partition coefficient (Wildman–Crippen LogP) is 3.88. The molecule has 0 aliphatic rings. The highest BCUT2D eigenvalue weighted by molar-refractivity contribution is 5.14. The molecular formula is C13H24N2. The Kier molecular flexibility index (Phi) is 3.27. The summed E-state index contributed by atoms with van der Waals surface area (Å²) in [5, 5.41) is 0. The van der Waals surface area contributed by atoms with Crippen LogP contribution in [-0.4, -0.2) is 9.55 Å². The minimum Gasteiger partial charge on any atom is -0.332 e. The summed E-state index contributed by atoms with van der Waals surface area (Å²) in [6.07, 6.45) is 2.20. The lowest BCUT2D eigenvalue weighted by Gasteiger charge is -2.21. The van der Waals surface area contributed by atoms with Crippen molar-refractivity contribution in [2.24, 2.45) is 0 Å². The molecule has 0 spiro atoms. The molecule has 0 amide bonds. The molecule has 0 fully saturated rings. The second kappa shape index (κ2) is 3.99. The normalized spacial score (nSPS) is 12.9. The molecule has 0 unspecified atom stereocenters. The molecule has 1 heterocycles. The van der Waals surface area contributed by atoms with Crippen LogP contribution in [0.1, 0.15) is 71.9 Å². The Labute approximate surface area is 93.7 Å². The first-order chi connectivity index (χ1) is 6.73. The van der Waals surface area contributed by atoms with E-state index in [-0.39, 0.29) is 5.41 Å². The van der Waals surface area contributed by atoms with Gasteiger partial charge in [-0.05, 0) is 19.8 Å². The fourth-order valence-electron chi connectivity index (χ4n) is 1.64. The van der Waals surface area contributed by atoms with Crippen LogP contribution in [0.25, 0.3) is 0 Å². The van der Waals surface area contributed by atoms with Crippen molar-refractivity contribution in [1.29, 1.82) is 0 Å². The lowest BCUT2D eigenvalue weighted by molar-refractivity contribution is 0.469. The van der Waals surface area contributed by atoms with Gasteiger partial charge in [-0.25, -0.2) is 4.98 Å². The minimum atomic E-state index is 0.122. The third kappa shape index (κ3) is 2.61. The van der Waals surface area contributed by atoms with E-state index in [2.05, 4.69) is 59.2 Å². The summed E-state index contributed by atoms with van der Waals surface area (Å²) < 4.78 is 2.30. The third-order valence-corrected chi connectivity index (χ3v) is 2.57. The fraction of sp³-hybridized carbons (Fsp3) is 0.769. The summed E-state index contributed by atoms with van der Waals surface area (Å²) >= 11 is 0. The smallest absolute Gasteiger partial charge is 0.114 e. The van der Waals surface area contributed by atoms with Gasteiger partial charge in [0.25, 0.3) is 0 Å². The average Bonchev–Trinajstić information content (AvgIpc) is 2.45. The molecular weight excluding hydrogens is 184 g/mol. The summed E-state index contributed by atoms with van der Waals surface area (Å²) in [6.45, 7) is 15.5. The molecule has 0 N–H and O–H groups in total. The van der Waals surface area contributed by atoms with Crippen molar-refractivity contribution in [1.82, 2.24) is 9.55 Å². The summed E-state index contributed by atoms with van der Waals surface area (Å²) in [5.41, 5.74) is 1.32. The van der Waals surface area contributed by atoms with Gasteiger partial charge in [0.2, 0.25) is 0 Å². The lowest BCUT2D eigenvalue weighted by atomic mass is 9.95. The Hall–Kier alpha value is -0.790. The summed E-state index contributed by atoms with van der Waals surface area (Å²) in [4.78, 5) is 4.77. The minimum absolute atomic E-state index is 0.122. The first kappa shape index (κ1) is 12.3. The van der Waals surface area contributed by atoms with Crippen LogP contribution in [0, 0.1) is 0 Å². The molecule has 0 atom stereocenters. The molecule has 2 nitrogen and oxygen atoms in total. The average molecular weight is 208 g/mol. The standard InChI is InChI=1S/C13H24N2/c1-9(2)11-8-15(10(3)4)12(14-11)13(5,6)7/h8-10H,1-7H3. The molecule has 1 aromatic heterocycles. The summed E-state index contributed by atoms with van der Waals surface area (Å²) in [7, 11) is 0. The van der Waals surface area contributed by atoms with E-state index in [0.717, 1.165) is 0 Å². The molecule has 0 saturated carbocycles. The van der Waals surface area contributed by atoms with Gasteiger partial charge in [0.1, 0.15) is 5.82 Å². The van der Waals surface area contributed by atoms with Crippen molar-refractivity contribution >= 4 is 0 Å². The summed E-state index contributed by atoms with van der Waals surface area (Å²) in [5.74, 6) is 1.70. The van der Waals surface area contributed by atoms with E-state index in [9.17, 15) is 0 Å². The van der Waals surface area contributed by atoms with Crippen molar-refractivity contribution in [3.63, 3.8) is 0 Å². The zero-order valence-electron chi connectivity index (χ0n) is 11.1. The predicted molar refractivity (Wildman–Crippen MR) is 65.4 cm³/mol. The van der Waals surface area contributed by atoms with E-state index in [1.54, 1.807) is 0 Å². The van der Waals surface area contributed by atoms with E-state index in [1.165, 1.54) is 11.5 Å². The molecule has 0 aliphatic carbocycles. The van der Waals surface area contributed by atoms with E-state index in [4.69, 9.17) is 4.98 Å². The van der Waals surface area contributed by atoms with Gasteiger partial charge in [-0.2, -0.15) is 0 Å². The highest BCUT2D eigenvalue weighted by Crippen LogP contribution is 2.26. The molecule has 0 saturated heterocycles. The Morgan fingerprint density at radius 1 is 1.13 bits per heavy atom. The number of imidazole rings is 1. The Balaban J connectivity index is 3.24. The van der Waals surface area contributed by atoms with Crippen LogP contribution < -0.4 is 0 Å². The number of hydrogen-bond acceptors (Lipinski definition) is 1. The maximum Gasteiger partial charge on any atom is 0.114 e. The van der Waals surface area contributed by atoms with Crippen LogP contribution in [0.3, 0.4) is 0 Å².